The Morgan fingerprint density at radius 2 is 2.06 bits per heavy atom. The van der Waals surface area contributed by atoms with E-state index >= 15 is 0 Å². The van der Waals surface area contributed by atoms with Gasteiger partial charge in [-0.1, -0.05) is 34.6 Å². The van der Waals surface area contributed by atoms with Gasteiger partial charge in [-0.2, -0.15) is 0 Å². The van der Waals surface area contributed by atoms with Crippen molar-refractivity contribution >= 4 is 15.9 Å². The van der Waals surface area contributed by atoms with Crippen molar-refractivity contribution in [3.63, 3.8) is 0 Å². The molecular weight excluding hydrogens is 266 g/mol. The summed E-state index contributed by atoms with van der Waals surface area (Å²) in [6.45, 7) is 6.75. The lowest BCUT2D eigenvalue weighted by Gasteiger charge is -2.13. The smallest absolute Gasteiger partial charge is 0.115 e. The summed E-state index contributed by atoms with van der Waals surface area (Å²) < 4.78 is 0.976. The molecule has 0 spiro atoms. The van der Waals surface area contributed by atoms with Crippen LogP contribution in [0, 0.1) is 0 Å². The Morgan fingerprint density at radius 1 is 1.44 bits per heavy atom. The van der Waals surface area contributed by atoms with Gasteiger partial charge in [0.2, 0.25) is 0 Å². The van der Waals surface area contributed by atoms with Crippen LogP contribution in [0.25, 0.3) is 0 Å². The lowest BCUT2D eigenvalue weighted by atomic mass is 10.1. The summed E-state index contributed by atoms with van der Waals surface area (Å²) in [6, 6.07) is 7.85. The molecule has 0 aliphatic carbocycles. The zero-order valence-electron chi connectivity index (χ0n) is 9.54. The van der Waals surface area contributed by atoms with Gasteiger partial charge in [-0.25, -0.2) is 0 Å². The summed E-state index contributed by atoms with van der Waals surface area (Å²) in [7, 11) is 0. The molecule has 1 aromatic carbocycles. The summed E-state index contributed by atoms with van der Waals surface area (Å²) in [5.74, 6) is 0.325. The van der Waals surface area contributed by atoms with Crippen molar-refractivity contribution in [2.24, 2.45) is 0 Å². The third kappa shape index (κ3) is 5.33. The second-order valence-corrected chi connectivity index (χ2v) is 5.13. The van der Waals surface area contributed by atoms with E-state index in [1.807, 2.05) is 12.1 Å². The fraction of sp³-hybridized carbons (Fsp3) is 0.385. The van der Waals surface area contributed by atoms with Crippen LogP contribution in [0.2, 0.25) is 0 Å². The molecule has 0 saturated carbocycles. The number of benzene rings is 1. The highest BCUT2D eigenvalue weighted by atomic mass is 79.9. The van der Waals surface area contributed by atoms with Gasteiger partial charge in [0.15, 0.2) is 0 Å². The third-order valence-electron chi connectivity index (χ3n) is 2.44. The topological polar surface area (TPSA) is 32.3 Å². The predicted octanol–water partition coefficient (Wildman–Crippen LogP) is 3.21. The van der Waals surface area contributed by atoms with Gasteiger partial charge < -0.3 is 10.4 Å². The van der Waals surface area contributed by atoms with Gasteiger partial charge in [0.05, 0.1) is 0 Å². The Kier molecular flexibility index (Phi) is 5.56. The van der Waals surface area contributed by atoms with Gasteiger partial charge in [0, 0.05) is 17.1 Å². The molecule has 3 heteroatoms. The van der Waals surface area contributed by atoms with Gasteiger partial charge in [-0.05, 0) is 37.5 Å². The van der Waals surface area contributed by atoms with Crippen LogP contribution in [0.3, 0.4) is 0 Å². The lowest BCUT2D eigenvalue weighted by Crippen LogP contribution is -2.27. The SMILES string of the molecule is C=C(Br)CNC(C)CCc1ccc(O)cc1. The quantitative estimate of drug-likeness (QED) is 0.840. The van der Waals surface area contributed by atoms with Gasteiger partial charge in [0.1, 0.15) is 5.75 Å². The molecular formula is C13H18BrNO. The van der Waals surface area contributed by atoms with E-state index in [9.17, 15) is 0 Å². The Hall–Kier alpha value is -0.800. The van der Waals surface area contributed by atoms with E-state index in [0.717, 1.165) is 23.9 Å². The van der Waals surface area contributed by atoms with Crippen molar-refractivity contribution in [2.45, 2.75) is 25.8 Å². The molecule has 0 aliphatic heterocycles. The van der Waals surface area contributed by atoms with Crippen LogP contribution < -0.4 is 5.32 Å². The first-order chi connectivity index (χ1) is 7.58. The summed E-state index contributed by atoms with van der Waals surface area (Å²) in [6.07, 6.45) is 2.09. The van der Waals surface area contributed by atoms with Crippen molar-refractivity contribution in [3.8, 4) is 5.75 Å². The predicted molar refractivity (Wildman–Crippen MR) is 72.0 cm³/mol. The normalized spacial score (nSPS) is 12.4. The number of nitrogens with one attached hydrogen (secondary N) is 1. The maximum absolute atomic E-state index is 9.15. The summed E-state index contributed by atoms with van der Waals surface area (Å²) in [4.78, 5) is 0. The Balaban J connectivity index is 2.28. The molecule has 2 N–H and O–H groups in total. The minimum Gasteiger partial charge on any atom is -0.508 e. The lowest BCUT2D eigenvalue weighted by molar-refractivity contribution is 0.475. The van der Waals surface area contributed by atoms with Crippen LogP contribution in [-0.2, 0) is 6.42 Å². The van der Waals surface area contributed by atoms with E-state index in [4.69, 9.17) is 5.11 Å². The van der Waals surface area contributed by atoms with Crippen LogP contribution in [-0.4, -0.2) is 17.7 Å². The molecule has 2 nitrogen and oxygen atoms in total. The van der Waals surface area contributed by atoms with Crippen LogP contribution >= 0.6 is 15.9 Å². The summed E-state index contributed by atoms with van der Waals surface area (Å²) in [5, 5.41) is 12.5. The Labute approximate surface area is 106 Å². The van der Waals surface area contributed by atoms with E-state index in [0.29, 0.717) is 11.8 Å². The molecule has 1 rings (SSSR count). The molecule has 0 aliphatic rings. The van der Waals surface area contributed by atoms with Crippen LogP contribution in [0.5, 0.6) is 5.75 Å². The average Bonchev–Trinajstić information content (AvgIpc) is 2.25. The zero-order valence-corrected chi connectivity index (χ0v) is 11.1. The first-order valence-corrected chi connectivity index (χ1v) is 6.22. The first kappa shape index (κ1) is 13.3. The van der Waals surface area contributed by atoms with Gasteiger partial charge >= 0.3 is 0 Å². The molecule has 0 aromatic heterocycles. The number of halogens is 1. The molecule has 1 atom stereocenters. The van der Waals surface area contributed by atoms with E-state index in [2.05, 4.69) is 34.7 Å². The van der Waals surface area contributed by atoms with Crippen molar-refractivity contribution in [2.75, 3.05) is 6.54 Å². The first-order valence-electron chi connectivity index (χ1n) is 5.42. The van der Waals surface area contributed by atoms with E-state index in [1.54, 1.807) is 12.1 Å². The highest BCUT2D eigenvalue weighted by molar-refractivity contribution is 9.11. The molecule has 1 unspecified atom stereocenters. The number of aromatic hydroxyl groups is 1. The van der Waals surface area contributed by atoms with E-state index < -0.39 is 0 Å². The summed E-state index contributed by atoms with van der Waals surface area (Å²) in [5.41, 5.74) is 1.25. The van der Waals surface area contributed by atoms with Crippen LogP contribution in [0.1, 0.15) is 18.9 Å². The van der Waals surface area contributed by atoms with Crippen molar-refractivity contribution < 1.29 is 5.11 Å². The van der Waals surface area contributed by atoms with E-state index in [-0.39, 0.29) is 0 Å². The maximum Gasteiger partial charge on any atom is 0.115 e. The van der Waals surface area contributed by atoms with Crippen LogP contribution in [0.15, 0.2) is 35.3 Å². The molecule has 0 radical (unpaired) electrons. The van der Waals surface area contributed by atoms with Crippen LogP contribution in [0.4, 0.5) is 0 Å². The number of hydrogen-bond acceptors (Lipinski definition) is 2. The average molecular weight is 284 g/mol. The molecule has 0 fully saturated rings. The highest BCUT2D eigenvalue weighted by Crippen LogP contribution is 2.12. The molecule has 0 saturated heterocycles. The highest BCUT2D eigenvalue weighted by Gasteiger charge is 2.02. The second-order valence-electron chi connectivity index (χ2n) is 4.00. The number of aryl methyl sites for hydroxylation is 1. The Bertz CT molecular complexity index is 334. The van der Waals surface area contributed by atoms with Gasteiger partial charge in [-0.15, -0.1) is 0 Å². The minimum absolute atomic E-state index is 0.325. The minimum atomic E-state index is 0.325. The van der Waals surface area contributed by atoms with Crippen molar-refractivity contribution in [1.82, 2.24) is 5.32 Å². The number of hydrogen-bond donors (Lipinski definition) is 2. The van der Waals surface area contributed by atoms with Gasteiger partial charge in [-0.3, -0.25) is 0 Å². The molecule has 0 bridgehead atoms. The number of phenolic OH excluding ortho intramolecular Hbond substituents is 1. The van der Waals surface area contributed by atoms with E-state index in [1.165, 1.54) is 5.56 Å². The number of phenols is 1. The molecule has 88 valence electrons. The fourth-order valence-electron chi connectivity index (χ4n) is 1.43. The Morgan fingerprint density at radius 3 is 2.62 bits per heavy atom. The third-order valence-corrected chi connectivity index (χ3v) is 2.73. The van der Waals surface area contributed by atoms with Crippen molar-refractivity contribution in [1.29, 1.82) is 0 Å². The fourth-order valence-corrected chi connectivity index (χ4v) is 1.59. The molecule has 16 heavy (non-hydrogen) atoms. The molecule has 0 amide bonds. The molecule has 0 heterocycles. The van der Waals surface area contributed by atoms with Gasteiger partial charge in [0.25, 0.3) is 0 Å². The maximum atomic E-state index is 9.15. The molecule has 1 aromatic rings. The summed E-state index contributed by atoms with van der Waals surface area (Å²) >= 11 is 3.32. The zero-order chi connectivity index (χ0) is 12.0. The van der Waals surface area contributed by atoms with Crippen molar-refractivity contribution in [3.05, 3.63) is 40.9 Å². The monoisotopic (exact) mass is 283 g/mol. The second kappa shape index (κ2) is 6.71. The standard InChI is InChI=1S/C13H18BrNO/c1-10(14)9-15-11(2)3-4-12-5-7-13(16)8-6-12/h5-8,11,15-16H,1,3-4,9H2,2H3. The number of rotatable bonds is 6. The largest absolute Gasteiger partial charge is 0.508 e.